The van der Waals surface area contributed by atoms with Crippen LogP contribution < -0.4 is 0 Å². The molecule has 12 rings (SSSR count). The third-order valence-electron chi connectivity index (χ3n) is 9.62. The molecular weight excluding hydrogens is 1520 g/mol. The molecule has 0 unspecified atom stereocenters. The molecule has 12 aromatic carbocycles. The van der Waals surface area contributed by atoms with Gasteiger partial charge in [-0.2, -0.15) is 0 Å². The van der Waals surface area contributed by atoms with Crippen LogP contribution in [0.15, 0.2) is 291 Å². The summed E-state index contributed by atoms with van der Waals surface area (Å²) in [5.41, 5.74) is 0. The number of halogens is 24. The lowest BCUT2D eigenvalue weighted by Gasteiger charge is -1.88. The molecule has 0 radical (unpaired) electrons. The van der Waals surface area contributed by atoms with Crippen molar-refractivity contribution in [3.63, 3.8) is 0 Å². The Morgan fingerprint density at radius 2 is 0.302 bits per heavy atom. The van der Waals surface area contributed by atoms with Gasteiger partial charge in [0.15, 0.2) is 23.3 Å². The number of rotatable bonds is 0. The van der Waals surface area contributed by atoms with E-state index in [2.05, 4.69) is 0 Å². The standard InChI is InChI=1S/6C6H4Cl2.6C6H4F2/c7-5-1-2-6(8)4-3-5;3*7-5-2-1-3-6(8)4-5;2*7-5-3-1-2-4-6(5)8;7-5-1-2-6(8)4-3-5;3*7-5-2-1-3-6(8)4-5;2*7-5-3-1-2-4-6(5)8/h12*1-4H. The van der Waals surface area contributed by atoms with Crippen LogP contribution in [0.2, 0.25) is 60.3 Å². The fourth-order valence-corrected chi connectivity index (χ4v) is 7.48. The fraction of sp³-hybridized carbons (Fsp3) is 0. The molecule has 0 spiro atoms. The van der Waals surface area contributed by atoms with Gasteiger partial charge >= 0.3 is 0 Å². The van der Waals surface area contributed by atoms with Gasteiger partial charge in [0.05, 0.1) is 20.1 Å². The van der Waals surface area contributed by atoms with Gasteiger partial charge < -0.3 is 0 Å². The first-order chi connectivity index (χ1) is 45.5. The Morgan fingerprint density at radius 1 is 0.135 bits per heavy atom. The predicted octanol–water partition coefficient (Wildman–Crippen LogP) is 29.7. The summed E-state index contributed by atoms with van der Waals surface area (Å²) in [5, 5.41) is 7.93. The van der Waals surface area contributed by atoms with Crippen molar-refractivity contribution < 1.29 is 52.7 Å². The average Bonchev–Trinajstić information content (AvgIpc) is 3.66. The smallest absolute Gasteiger partial charge is 0.158 e. The molecule has 504 valence electrons. The summed E-state index contributed by atoms with van der Waals surface area (Å²) < 4.78 is 143. The molecule has 0 aliphatic heterocycles. The first-order valence-electron chi connectivity index (χ1n) is 26.4. The monoisotopic (exact) mass is 1560 g/mol. The lowest BCUT2D eigenvalue weighted by Crippen LogP contribution is -1.77. The van der Waals surface area contributed by atoms with Crippen LogP contribution in [0.1, 0.15) is 0 Å². The van der Waals surface area contributed by atoms with Crippen LogP contribution in [-0.2, 0) is 0 Å². The van der Waals surface area contributed by atoms with Gasteiger partial charge in [0, 0.05) is 58.4 Å². The zero-order valence-electron chi connectivity index (χ0n) is 48.8. The Labute approximate surface area is 608 Å². The molecule has 0 nitrogen and oxygen atoms in total. The molecule has 0 heterocycles. The minimum absolute atomic E-state index is 0.411. The lowest BCUT2D eigenvalue weighted by molar-refractivity contribution is 0.508. The highest BCUT2D eigenvalue weighted by Gasteiger charge is 1.97. The maximum absolute atomic E-state index is 11.9. The Hall–Kier alpha value is -6.72. The van der Waals surface area contributed by atoms with E-state index in [0.29, 0.717) is 50.2 Å². The second kappa shape index (κ2) is 52.4. The molecule has 0 N–H and O–H groups in total. The summed E-state index contributed by atoms with van der Waals surface area (Å²) >= 11 is 66.8. The van der Waals surface area contributed by atoms with Gasteiger partial charge in [0.1, 0.15) is 46.5 Å². The predicted molar refractivity (Wildman–Crippen MR) is 377 cm³/mol. The first-order valence-corrected chi connectivity index (χ1v) is 31.0. The zero-order chi connectivity index (χ0) is 71.8. The molecule has 0 amide bonds. The highest BCUT2D eigenvalue weighted by Crippen LogP contribution is 2.21. The highest BCUT2D eigenvalue weighted by atomic mass is 35.5. The van der Waals surface area contributed by atoms with Crippen LogP contribution in [0.25, 0.3) is 0 Å². The molecule has 0 aliphatic carbocycles. The van der Waals surface area contributed by atoms with Crippen molar-refractivity contribution in [2.45, 2.75) is 0 Å². The van der Waals surface area contributed by atoms with Crippen LogP contribution in [0.3, 0.4) is 0 Å². The summed E-state index contributed by atoms with van der Waals surface area (Å²) in [6.45, 7) is 0. The van der Waals surface area contributed by atoms with Gasteiger partial charge in [-0.3, -0.25) is 0 Å². The maximum Gasteiger partial charge on any atom is 0.158 e. The third-order valence-corrected chi connectivity index (χ3v) is 13.1. The Morgan fingerprint density at radius 3 is 0.427 bits per heavy atom. The molecule has 0 aliphatic rings. The molecule has 0 saturated heterocycles. The maximum atomic E-state index is 11.9. The van der Waals surface area contributed by atoms with E-state index in [9.17, 15) is 52.7 Å². The highest BCUT2D eigenvalue weighted by molar-refractivity contribution is 6.42. The third kappa shape index (κ3) is 47.2. The van der Waals surface area contributed by atoms with Gasteiger partial charge in [-0.05, 0) is 188 Å². The van der Waals surface area contributed by atoms with Crippen molar-refractivity contribution in [3.05, 3.63) is 421 Å². The lowest BCUT2D eigenvalue weighted by atomic mass is 10.3. The van der Waals surface area contributed by atoms with Gasteiger partial charge in [-0.1, -0.05) is 224 Å². The summed E-state index contributed by atoms with van der Waals surface area (Å²) in [7, 11) is 0. The fourth-order valence-electron chi connectivity index (χ4n) is 5.38. The summed E-state index contributed by atoms with van der Waals surface area (Å²) in [4.78, 5) is 0. The van der Waals surface area contributed by atoms with Crippen molar-refractivity contribution in [2.24, 2.45) is 0 Å². The topological polar surface area (TPSA) is 0 Å². The molecular formula is C72H48Cl12F12. The van der Waals surface area contributed by atoms with Crippen molar-refractivity contribution in [1.29, 1.82) is 0 Å². The molecule has 24 heteroatoms. The average molecular weight is 1570 g/mol. The van der Waals surface area contributed by atoms with Crippen molar-refractivity contribution in [1.82, 2.24) is 0 Å². The second-order valence-corrected chi connectivity index (χ2v) is 22.3. The first kappa shape index (κ1) is 87.3. The van der Waals surface area contributed by atoms with Gasteiger partial charge in [-0.25, -0.2) is 52.7 Å². The summed E-state index contributed by atoms with van der Waals surface area (Å²) in [5.74, 6) is -7.24. The molecule has 0 fully saturated rings. The quantitative estimate of drug-likeness (QED) is 0.133. The van der Waals surface area contributed by atoms with E-state index in [1.165, 1.54) is 78.9 Å². The van der Waals surface area contributed by atoms with Crippen LogP contribution in [-0.4, -0.2) is 0 Å². The van der Waals surface area contributed by atoms with Gasteiger partial charge in [-0.15, -0.1) is 0 Å². The van der Waals surface area contributed by atoms with Crippen molar-refractivity contribution in [3.8, 4) is 0 Å². The van der Waals surface area contributed by atoms with Crippen LogP contribution in [0, 0.1) is 69.8 Å². The van der Waals surface area contributed by atoms with Crippen molar-refractivity contribution >= 4 is 139 Å². The molecule has 0 bridgehead atoms. The van der Waals surface area contributed by atoms with Crippen LogP contribution >= 0.6 is 139 Å². The largest absolute Gasteiger partial charge is 0.207 e. The minimum atomic E-state index is -0.799. The van der Waals surface area contributed by atoms with E-state index in [4.69, 9.17) is 139 Å². The summed E-state index contributed by atoms with van der Waals surface area (Å²) in [6, 6.07) is 70.7. The minimum Gasteiger partial charge on any atom is -0.207 e. The van der Waals surface area contributed by atoms with Gasteiger partial charge in [0.25, 0.3) is 0 Å². The van der Waals surface area contributed by atoms with E-state index in [1.807, 2.05) is 42.5 Å². The van der Waals surface area contributed by atoms with Crippen molar-refractivity contribution in [2.75, 3.05) is 0 Å². The Balaban J connectivity index is 0.000000524. The molecule has 96 heavy (non-hydrogen) atoms. The van der Waals surface area contributed by atoms with Crippen LogP contribution in [0.5, 0.6) is 0 Å². The number of hydrogen-bond donors (Lipinski definition) is 0. The normalized spacial score (nSPS) is 9.25. The summed E-state index contributed by atoms with van der Waals surface area (Å²) in [6.07, 6.45) is 0. The Kier molecular flexibility index (Phi) is 47.7. The van der Waals surface area contributed by atoms with E-state index >= 15 is 0 Å². The van der Waals surface area contributed by atoms with E-state index < -0.39 is 69.8 Å². The molecule has 0 saturated carbocycles. The van der Waals surface area contributed by atoms with E-state index in [0.717, 1.165) is 76.8 Å². The second-order valence-electron chi connectivity index (χ2n) is 17.2. The zero-order valence-corrected chi connectivity index (χ0v) is 57.9. The molecule has 0 aromatic heterocycles. The molecule has 0 atom stereocenters. The number of benzene rings is 12. The molecule has 12 aromatic rings. The van der Waals surface area contributed by atoms with E-state index in [-0.39, 0.29) is 0 Å². The van der Waals surface area contributed by atoms with E-state index in [1.54, 1.807) is 103 Å². The Bertz CT molecular complexity index is 3280. The number of hydrogen-bond acceptors (Lipinski definition) is 0. The van der Waals surface area contributed by atoms with Crippen LogP contribution in [0.4, 0.5) is 52.7 Å². The van der Waals surface area contributed by atoms with Gasteiger partial charge in [0.2, 0.25) is 0 Å². The SMILES string of the molecule is Clc1ccc(Cl)cc1.Clc1cccc(Cl)c1.Clc1cccc(Cl)c1.Clc1cccc(Cl)c1.Clc1ccccc1Cl.Clc1ccccc1Cl.Fc1ccc(F)cc1.Fc1cccc(F)c1.Fc1cccc(F)c1.Fc1cccc(F)c1.Fc1ccccc1F.Fc1ccccc1F.